The molecular formula is C24H37FN4O3. The highest BCUT2D eigenvalue weighted by atomic mass is 19.1. The molecule has 0 bridgehead atoms. The van der Waals surface area contributed by atoms with E-state index in [0.29, 0.717) is 13.1 Å². The van der Waals surface area contributed by atoms with E-state index in [1.807, 2.05) is 11.8 Å². The zero-order valence-electron chi connectivity index (χ0n) is 19.7. The lowest BCUT2D eigenvalue weighted by atomic mass is 10.1. The van der Waals surface area contributed by atoms with Crippen LogP contribution >= 0.6 is 0 Å². The molecule has 2 heterocycles. The van der Waals surface area contributed by atoms with Gasteiger partial charge in [0.2, 0.25) is 11.8 Å². The number of benzene rings is 1. The maximum absolute atomic E-state index is 13.9. The molecule has 3 rings (SSSR count). The Morgan fingerprint density at radius 1 is 1.06 bits per heavy atom. The van der Waals surface area contributed by atoms with Crippen molar-refractivity contribution in [3.8, 4) is 5.75 Å². The molecule has 1 atom stereocenters. The molecule has 2 aliphatic heterocycles. The summed E-state index contributed by atoms with van der Waals surface area (Å²) in [6.45, 7) is 7.58. The zero-order chi connectivity index (χ0) is 23.1. The largest absolute Gasteiger partial charge is 0.494 e. The van der Waals surface area contributed by atoms with Crippen molar-refractivity contribution in [3.05, 3.63) is 29.6 Å². The minimum atomic E-state index is -0.426. The molecule has 0 aromatic heterocycles. The lowest BCUT2D eigenvalue weighted by Gasteiger charge is -2.38. The molecule has 2 fully saturated rings. The summed E-state index contributed by atoms with van der Waals surface area (Å²) in [6, 6.07) is 4.51. The molecule has 1 aromatic carbocycles. The van der Waals surface area contributed by atoms with Crippen molar-refractivity contribution in [2.24, 2.45) is 0 Å². The van der Waals surface area contributed by atoms with Crippen LogP contribution in [0.2, 0.25) is 0 Å². The van der Waals surface area contributed by atoms with Crippen molar-refractivity contribution >= 4 is 11.8 Å². The lowest BCUT2D eigenvalue weighted by molar-refractivity contribution is -0.137. The van der Waals surface area contributed by atoms with Gasteiger partial charge in [0.15, 0.2) is 11.6 Å². The van der Waals surface area contributed by atoms with Crippen molar-refractivity contribution in [1.82, 2.24) is 19.6 Å². The van der Waals surface area contributed by atoms with Crippen molar-refractivity contribution in [1.29, 1.82) is 0 Å². The molecule has 2 amide bonds. The fourth-order valence-electron chi connectivity index (χ4n) is 4.56. The number of rotatable bonds is 7. The molecule has 7 nitrogen and oxygen atoms in total. The van der Waals surface area contributed by atoms with Crippen LogP contribution in [-0.4, -0.2) is 97.4 Å². The SMILES string of the molecule is COc1ccc(CN(C)C(=O)C(C)N2CCN(CC(=O)N3CCCCCC3)CC2)cc1F. The van der Waals surface area contributed by atoms with Crippen LogP contribution in [-0.2, 0) is 16.1 Å². The Hall–Kier alpha value is -2.19. The molecule has 0 spiro atoms. The van der Waals surface area contributed by atoms with Gasteiger partial charge in [-0.2, -0.15) is 0 Å². The van der Waals surface area contributed by atoms with Gasteiger partial charge in [-0.25, -0.2) is 4.39 Å². The number of hydrogen-bond donors (Lipinski definition) is 0. The van der Waals surface area contributed by atoms with E-state index in [-0.39, 0.29) is 23.6 Å². The number of methoxy groups -OCH3 is 1. The van der Waals surface area contributed by atoms with E-state index in [0.717, 1.165) is 57.7 Å². The number of carbonyl (C=O) groups is 2. The van der Waals surface area contributed by atoms with Gasteiger partial charge in [-0.15, -0.1) is 0 Å². The second kappa shape index (κ2) is 11.6. The van der Waals surface area contributed by atoms with Gasteiger partial charge in [0.1, 0.15) is 0 Å². The Balaban J connectivity index is 1.45. The summed E-state index contributed by atoms with van der Waals surface area (Å²) in [5, 5.41) is 0. The summed E-state index contributed by atoms with van der Waals surface area (Å²) in [7, 11) is 3.18. The smallest absolute Gasteiger partial charge is 0.239 e. The van der Waals surface area contributed by atoms with Crippen molar-refractivity contribution in [3.63, 3.8) is 0 Å². The molecule has 1 aromatic rings. The van der Waals surface area contributed by atoms with Crippen LogP contribution in [0, 0.1) is 5.82 Å². The second-order valence-electron chi connectivity index (χ2n) is 8.95. The van der Waals surface area contributed by atoms with Crippen molar-refractivity contribution in [2.45, 2.75) is 45.2 Å². The highest BCUT2D eigenvalue weighted by Gasteiger charge is 2.29. The maximum atomic E-state index is 13.9. The Morgan fingerprint density at radius 2 is 1.72 bits per heavy atom. The monoisotopic (exact) mass is 448 g/mol. The molecule has 0 saturated carbocycles. The molecule has 2 saturated heterocycles. The molecule has 0 radical (unpaired) electrons. The zero-order valence-corrected chi connectivity index (χ0v) is 19.7. The Bertz CT molecular complexity index is 775. The number of amides is 2. The molecule has 0 aliphatic carbocycles. The fraction of sp³-hybridized carbons (Fsp3) is 0.667. The van der Waals surface area contributed by atoms with Crippen molar-refractivity contribution < 1.29 is 18.7 Å². The van der Waals surface area contributed by atoms with E-state index in [9.17, 15) is 14.0 Å². The van der Waals surface area contributed by atoms with E-state index in [4.69, 9.17) is 4.74 Å². The topological polar surface area (TPSA) is 56.3 Å². The minimum Gasteiger partial charge on any atom is -0.494 e. The normalized spacial score (nSPS) is 19.3. The Kier molecular flexibility index (Phi) is 8.87. The van der Waals surface area contributed by atoms with E-state index in [2.05, 4.69) is 9.80 Å². The third-order valence-electron chi connectivity index (χ3n) is 6.64. The van der Waals surface area contributed by atoms with Gasteiger partial charge in [0.25, 0.3) is 0 Å². The molecule has 8 heteroatoms. The number of likely N-dealkylation sites (tertiary alicyclic amines) is 1. The molecule has 0 N–H and O–H groups in total. The van der Waals surface area contributed by atoms with E-state index < -0.39 is 5.82 Å². The van der Waals surface area contributed by atoms with E-state index >= 15 is 0 Å². The van der Waals surface area contributed by atoms with E-state index in [1.54, 1.807) is 24.1 Å². The summed E-state index contributed by atoms with van der Waals surface area (Å²) in [5.74, 6) is 0.0132. The summed E-state index contributed by atoms with van der Waals surface area (Å²) < 4.78 is 18.9. The average molecular weight is 449 g/mol. The van der Waals surface area contributed by atoms with Crippen molar-refractivity contribution in [2.75, 3.05) is 60.0 Å². The standard InChI is InChI=1S/C24H37FN4O3/c1-19(24(31)26(2)17-20-8-9-22(32-3)21(25)16-20)28-14-12-27(13-15-28)18-23(30)29-10-6-4-5-7-11-29/h8-9,16,19H,4-7,10-15,17-18H2,1-3H3. The number of likely N-dealkylation sites (N-methyl/N-ethyl adjacent to an activating group) is 1. The van der Waals surface area contributed by atoms with Gasteiger partial charge in [0, 0.05) is 52.9 Å². The highest BCUT2D eigenvalue weighted by molar-refractivity contribution is 5.81. The van der Waals surface area contributed by atoms with Crippen LogP contribution in [0.15, 0.2) is 18.2 Å². The minimum absolute atomic E-state index is 0.00955. The number of hydrogen-bond acceptors (Lipinski definition) is 5. The molecule has 32 heavy (non-hydrogen) atoms. The van der Waals surface area contributed by atoms with Crippen LogP contribution in [0.5, 0.6) is 5.75 Å². The second-order valence-corrected chi connectivity index (χ2v) is 8.95. The lowest BCUT2D eigenvalue weighted by Crippen LogP contribution is -2.55. The van der Waals surface area contributed by atoms with Gasteiger partial charge in [-0.05, 0) is 37.5 Å². The summed E-state index contributed by atoms with van der Waals surface area (Å²) in [5.41, 5.74) is 0.725. The van der Waals surface area contributed by atoms with Crippen LogP contribution in [0.1, 0.15) is 38.2 Å². The Labute approximate surface area is 191 Å². The van der Waals surface area contributed by atoms with Gasteiger partial charge < -0.3 is 14.5 Å². The molecule has 1 unspecified atom stereocenters. The third-order valence-corrected chi connectivity index (χ3v) is 6.64. The highest BCUT2D eigenvalue weighted by Crippen LogP contribution is 2.19. The summed E-state index contributed by atoms with van der Waals surface area (Å²) in [4.78, 5) is 33.6. The summed E-state index contributed by atoms with van der Waals surface area (Å²) >= 11 is 0. The van der Waals surface area contributed by atoms with Gasteiger partial charge in [0.05, 0.1) is 19.7 Å². The van der Waals surface area contributed by atoms with Crippen LogP contribution in [0.3, 0.4) is 0 Å². The van der Waals surface area contributed by atoms with E-state index in [1.165, 1.54) is 26.0 Å². The van der Waals surface area contributed by atoms with Gasteiger partial charge in [-0.3, -0.25) is 19.4 Å². The number of halogens is 1. The first-order chi connectivity index (χ1) is 15.4. The van der Waals surface area contributed by atoms with Crippen LogP contribution in [0.25, 0.3) is 0 Å². The predicted octanol–water partition coefficient (Wildman–Crippen LogP) is 2.20. The molecule has 2 aliphatic rings. The maximum Gasteiger partial charge on any atom is 0.239 e. The molecular weight excluding hydrogens is 411 g/mol. The fourth-order valence-corrected chi connectivity index (χ4v) is 4.56. The molecule has 178 valence electrons. The van der Waals surface area contributed by atoms with Crippen LogP contribution in [0.4, 0.5) is 4.39 Å². The number of piperazine rings is 1. The number of nitrogens with zero attached hydrogens (tertiary/aromatic N) is 4. The van der Waals surface area contributed by atoms with Gasteiger partial charge >= 0.3 is 0 Å². The Morgan fingerprint density at radius 3 is 2.31 bits per heavy atom. The first-order valence-corrected chi connectivity index (χ1v) is 11.7. The third kappa shape index (κ3) is 6.42. The van der Waals surface area contributed by atoms with Crippen LogP contribution < -0.4 is 4.74 Å². The number of ether oxygens (including phenoxy) is 1. The predicted molar refractivity (Wildman–Crippen MR) is 122 cm³/mol. The number of carbonyl (C=O) groups excluding carboxylic acids is 2. The first-order valence-electron chi connectivity index (χ1n) is 11.7. The van der Waals surface area contributed by atoms with Gasteiger partial charge in [-0.1, -0.05) is 18.9 Å². The summed E-state index contributed by atoms with van der Waals surface area (Å²) in [6.07, 6.45) is 4.65. The quantitative estimate of drug-likeness (QED) is 0.640. The average Bonchev–Trinajstić information content (AvgIpc) is 3.08. The first kappa shape index (κ1) is 24.5.